The predicted molar refractivity (Wildman–Crippen MR) is 88.8 cm³/mol. The van der Waals surface area contributed by atoms with Crippen molar-refractivity contribution in [1.82, 2.24) is 4.57 Å². The Morgan fingerprint density at radius 1 is 1.12 bits per heavy atom. The second-order valence-corrected chi connectivity index (χ2v) is 5.73. The van der Waals surface area contributed by atoms with Crippen molar-refractivity contribution in [2.24, 2.45) is 5.73 Å². The van der Waals surface area contributed by atoms with Crippen LogP contribution in [0.4, 0.5) is 18.9 Å². The second kappa shape index (κ2) is 7.03. The van der Waals surface area contributed by atoms with Gasteiger partial charge in [0.05, 0.1) is 0 Å². The summed E-state index contributed by atoms with van der Waals surface area (Å²) >= 11 is 0. The number of rotatable bonds is 4. The maximum absolute atomic E-state index is 13.1. The Kier molecular flexibility index (Phi) is 5.20. The van der Waals surface area contributed by atoms with Crippen LogP contribution in [-0.4, -0.2) is 16.4 Å². The lowest BCUT2D eigenvalue weighted by Crippen LogP contribution is -2.36. The van der Waals surface area contributed by atoms with E-state index in [0.717, 1.165) is 11.1 Å². The molecule has 0 bridgehead atoms. The van der Waals surface area contributed by atoms with Gasteiger partial charge in [-0.05, 0) is 49.2 Å². The molecular formula is C17H16F3N3O3. The molecule has 2 aromatic rings. The highest BCUT2D eigenvalue weighted by molar-refractivity contribution is 5.93. The van der Waals surface area contributed by atoms with Crippen LogP contribution in [0, 0.1) is 13.8 Å². The number of carbonyl (C=O) groups excluding carboxylic acids is 2. The van der Waals surface area contributed by atoms with E-state index < -0.39 is 41.4 Å². The number of hydrogen-bond acceptors (Lipinski definition) is 3. The first kappa shape index (κ1) is 19.2. The maximum atomic E-state index is 13.1. The summed E-state index contributed by atoms with van der Waals surface area (Å²) in [5, 5.41) is 2.43. The van der Waals surface area contributed by atoms with E-state index in [2.05, 4.69) is 5.32 Å². The molecule has 2 rings (SSSR count). The summed E-state index contributed by atoms with van der Waals surface area (Å²) in [4.78, 5) is 35.5. The number of carbonyl (C=O) groups is 2. The van der Waals surface area contributed by atoms with Crippen molar-refractivity contribution < 1.29 is 22.8 Å². The number of anilines is 1. The standard InChI is InChI=1S/C17H16F3N3O3/c1-9-3-4-11(7-10(9)2)22-14(24)8-23-13(17(18,19)20)6-5-12(15(21)25)16(23)26/h3-7H,8H2,1-2H3,(H2,21,25)(H,22,24). The molecule has 1 aromatic carbocycles. The average Bonchev–Trinajstić information content (AvgIpc) is 2.51. The molecule has 9 heteroatoms. The van der Waals surface area contributed by atoms with Crippen molar-refractivity contribution in [1.29, 1.82) is 0 Å². The van der Waals surface area contributed by atoms with E-state index in [1.807, 2.05) is 13.8 Å². The third kappa shape index (κ3) is 4.11. The number of aromatic nitrogens is 1. The van der Waals surface area contributed by atoms with Crippen molar-refractivity contribution in [2.45, 2.75) is 26.6 Å². The zero-order valence-corrected chi connectivity index (χ0v) is 14.0. The van der Waals surface area contributed by atoms with Crippen molar-refractivity contribution in [3.8, 4) is 0 Å². The minimum absolute atomic E-state index is 0.191. The Labute approximate surface area is 146 Å². The highest BCUT2D eigenvalue weighted by atomic mass is 19.4. The van der Waals surface area contributed by atoms with Crippen molar-refractivity contribution >= 4 is 17.5 Å². The Hall–Kier alpha value is -3.10. The van der Waals surface area contributed by atoms with Crippen molar-refractivity contribution in [2.75, 3.05) is 5.32 Å². The van der Waals surface area contributed by atoms with E-state index in [4.69, 9.17) is 5.73 Å². The van der Waals surface area contributed by atoms with Crippen LogP contribution in [0.2, 0.25) is 0 Å². The number of benzene rings is 1. The molecule has 0 saturated heterocycles. The van der Waals surface area contributed by atoms with E-state index in [9.17, 15) is 27.6 Å². The lowest BCUT2D eigenvalue weighted by Gasteiger charge is -2.16. The SMILES string of the molecule is Cc1ccc(NC(=O)Cn2c(C(F)(F)F)ccc(C(N)=O)c2=O)cc1C. The fraction of sp³-hybridized carbons (Fsp3) is 0.235. The van der Waals surface area contributed by atoms with Gasteiger partial charge in [-0.15, -0.1) is 0 Å². The minimum atomic E-state index is -4.88. The van der Waals surface area contributed by atoms with Gasteiger partial charge in [0.25, 0.3) is 11.5 Å². The molecular weight excluding hydrogens is 351 g/mol. The molecule has 0 atom stereocenters. The number of primary amides is 1. The number of aryl methyl sites for hydroxylation is 2. The van der Waals surface area contributed by atoms with Gasteiger partial charge in [-0.2, -0.15) is 13.2 Å². The number of amides is 2. The number of alkyl halides is 3. The summed E-state index contributed by atoms with van der Waals surface area (Å²) in [6, 6.07) is 6.23. The van der Waals surface area contributed by atoms with Gasteiger partial charge in [0.15, 0.2) is 0 Å². The topological polar surface area (TPSA) is 94.2 Å². The van der Waals surface area contributed by atoms with E-state index in [0.29, 0.717) is 17.8 Å². The van der Waals surface area contributed by atoms with Gasteiger partial charge in [0.1, 0.15) is 17.8 Å². The largest absolute Gasteiger partial charge is 0.431 e. The van der Waals surface area contributed by atoms with Crippen LogP contribution in [-0.2, 0) is 17.5 Å². The number of nitrogens with one attached hydrogen (secondary N) is 1. The lowest BCUT2D eigenvalue weighted by atomic mass is 10.1. The molecule has 1 heterocycles. The van der Waals surface area contributed by atoms with Gasteiger partial charge in [-0.3, -0.25) is 19.0 Å². The number of pyridine rings is 1. The van der Waals surface area contributed by atoms with Crippen LogP contribution < -0.4 is 16.6 Å². The molecule has 0 aliphatic carbocycles. The summed E-state index contributed by atoms with van der Waals surface area (Å²) in [6.07, 6.45) is -4.88. The van der Waals surface area contributed by atoms with E-state index in [1.54, 1.807) is 18.2 Å². The van der Waals surface area contributed by atoms with E-state index in [1.165, 1.54) is 0 Å². The van der Waals surface area contributed by atoms with Gasteiger partial charge in [0.2, 0.25) is 5.91 Å². The van der Waals surface area contributed by atoms with Gasteiger partial charge in [-0.25, -0.2) is 0 Å². The minimum Gasteiger partial charge on any atom is -0.365 e. The monoisotopic (exact) mass is 367 g/mol. The molecule has 0 unspecified atom stereocenters. The molecule has 138 valence electrons. The average molecular weight is 367 g/mol. The highest BCUT2D eigenvalue weighted by Crippen LogP contribution is 2.28. The third-order valence-electron chi connectivity index (χ3n) is 3.82. The smallest absolute Gasteiger partial charge is 0.365 e. The van der Waals surface area contributed by atoms with E-state index in [-0.39, 0.29) is 4.57 Å². The molecule has 0 radical (unpaired) electrons. The van der Waals surface area contributed by atoms with Crippen LogP contribution in [0.1, 0.15) is 27.2 Å². The van der Waals surface area contributed by atoms with Crippen LogP contribution in [0.5, 0.6) is 0 Å². The molecule has 0 saturated carbocycles. The fourth-order valence-corrected chi connectivity index (χ4v) is 2.33. The van der Waals surface area contributed by atoms with Crippen molar-refractivity contribution in [3.63, 3.8) is 0 Å². The Morgan fingerprint density at radius 3 is 2.31 bits per heavy atom. The lowest BCUT2D eigenvalue weighted by molar-refractivity contribution is -0.144. The first-order chi connectivity index (χ1) is 12.0. The molecule has 6 nitrogen and oxygen atoms in total. The summed E-state index contributed by atoms with van der Waals surface area (Å²) in [5.41, 5.74) is 3.99. The van der Waals surface area contributed by atoms with Gasteiger partial charge < -0.3 is 11.1 Å². The van der Waals surface area contributed by atoms with Gasteiger partial charge in [0, 0.05) is 5.69 Å². The Balaban J connectivity index is 2.38. The summed E-state index contributed by atoms with van der Waals surface area (Å²) in [7, 11) is 0. The molecule has 1 aromatic heterocycles. The highest BCUT2D eigenvalue weighted by Gasteiger charge is 2.35. The molecule has 0 spiro atoms. The first-order valence-corrected chi connectivity index (χ1v) is 7.48. The fourth-order valence-electron chi connectivity index (χ4n) is 2.33. The molecule has 3 N–H and O–H groups in total. The van der Waals surface area contributed by atoms with E-state index >= 15 is 0 Å². The summed E-state index contributed by atoms with van der Waals surface area (Å²) in [5.74, 6) is -2.02. The molecule has 26 heavy (non-hydrogen) atoms. The van der Waals surface area contributed by atoms with Crippen LogP contribution in [0.3, 0.4) is 0 Å². The van der Waals surface area contributed by atoms with Crippen molar-refractivity contribution in [3.05, 3.63) is 63.1 Å². The van der Waals surface area contributed by atoms with Crippen LogP contribution >= 0.6 is 0 Å². The molecule has 0 fully saturated rings. The second-order valence-electron chi connectivity index (χ2n) is 5.73. The number of halogens is 3. The molecule has 2 amide bonds. The summed E-state index contributed by atoms with van der Waals surface area (Å²) < 4.78 is 39.6. The van der Waals surface area contributed by atoms with Crippen LogP contribution in [0.15, 0.2) is 35.1 Å². The number of nitrogens with zero attached hydrogens (tertiary/aromatic N) is 1. The normalized spacial score (nSPS) is 11.3. The summed E-state index contributed by atoms with van der Waals surface area (Å²) in [6.45, 7) is 2.76. The van der Waals surface area contributed by atoms with Gasteiger partial charge >= 0.3 is 6.18 Å². The predicted octanol–water partition coefficient (Wildman–Crippen LogP) is 2.22. The molecule has 0 aliphatic rings. The number of nitrogens with two attached hydrogens (primary N) is 1. The quantitative estimate of drug-likeness (QED) is 0.868. The molecule has 0 aliphatic heterocycles. The Bertz CT molecular complexity index is 933. The third-order valence-corrected chi connectivity index (χ3v) is 3.82. The Morgan fingerprint density at radius 2 is 1.77 bits per heavy atom. The zero-order valence-electron chi connectivity index (χ0n) is 14.0. The number of hydrogen-bond donors (Lipinski definition) is 2. The van der Waals surface area contributed by atoms with Crippen LogP contribution in [0.25, 0.3) is 0 Å². The van der Waals surface area contributed by atoms with Gasteiger partial charge in [-0.1, -0.05) is 6.07 Å². The zero-order chi connectivity index (χ0) is 19.6. The first-order valence-electron chi connectivity index (χ1n) is 7.48. The maximum Gasteiger partial charge on any atom is 0.431 e.